The van der Waals surface area contributed by atoms with E-state index in [0.717, 1.165) is 19.8 Å². The number of nitrogens with zero attached hydrogens (tertiary/aromatic N) is 3. The molecule has 0 aliphatic rings. The van der Waals surface area contributed by atoms with Gasteiger partial charge in [0.25, 0.3) is 0 Å². The van der Waals surface area contributed by atoms with Crippen molar-refractivity contribution in [2.24, 2.45) is 5.92 Å². The minimum atomic E-state index is -4.32. The van der Waals surface area contributed by atoms with Crippen LogP contribution in [-0.4, -0.2) is 34.0 Å². The highest BCUT2D eigenvalue weighted by Crippen LogP contribution is 2.35. The van der Waals surface area contributed by atoms with Crippen molar-refractivity contribution >= 4 is 17.8 Å². The third-order valence-corrected chi connectivity index (χ3v) is 5.07. The molecule has 3 unspecified atom stereocenters. The molecule has 0 fully saturated rings. The first kappa shape index (κ1) is 23.4. The van der Waals surface area contributed by atoms with Gasteiger partial charge in [-0.2, -0.15) is 23.5 Å². The van der Waals surface area contributed by atoms with Gasteiger partial charge in [0.2, 0.25) is 0 Å². The first-order valence-corrected chi connectivity index (χ1v) is 9.73. The molecule has 0 bridgehead atoms. The van der Waals surface area contributed by atoms with Crippen LogP contribution in [0.2, 0.25) is 0 Å². The SMILES string of the molecule is CCCCC(C(C#N)CO)n1cc(C=O)c(Nc2ccc(C(C)C(F)(F)F)cc2)n1. The van der Waals surface area contributed by atoms with Crippen LogP contribution in [0, 0.1) is 17.2 Å². The van der Waals surface area contributed by atoms with Crippen molar-refractivity contribution < 1.29 is 23.1 Å². The molecule has 9 heteroatoms. The molecule has 162 valence electrons. The number of benzene rings is 1. The van der Waals surface area contributed by atoms with Crippen molar-refractivity contribution in [3.63, 3.8) is 0 Å². The topological polar surface area (TPSA) is 90.9 Å². The van der Waals surface area contributed by atoms with Crippen LogP contribution in [0.25, 0.3) is 0 Å². The summed E-state index contributed by atoms with van der Waals surface area (Å²) in [6.45, 7) is 2.77. The van der Waals surface area contributed by atoms with E-state index < -0.39 is 24.1 Å². The Balaban J connectivity index is 2.27. The standard InChI is InChI=1S/C21H25F3N4O2/c1-3-4-5-19(16(10-25)12-29)28-11-17(13-30)20(27-28)26-18-8-6-15(7-9-18)14(2)21(22,23)24/h6-9,11,13-14,16,19,29H,3-5,12H2,1-2H3,(H,26,27). The van der Waals surface area contributed by atoms with Crippen LogP contribution in [0.5, 0.6) is 0 Å². The highest BCUT2D eigenvalue weighted by molar-refractivity contribution is 5.83. The van der Waals surface area contributed by atoms with Gasteiger partial charge in [0.15, 0.2) is 12.1 Å². The molecule has 0 spiro atoms. The van der Waals surface area contributed by atoms with E-state index in [1.165, 1.54) is 35.1 Å². The second-order valence-corrected chi connectivity index (χ2v) is 7.17. The molecule has 3 atom stereocenters. The zero-order chi connectivity index (χ0) is 22.3. The summed E-state index contributed by atoms with van der Waals surface area (Å²) in [5.41, 5.74) is 0.859. The number of anilines is 2. The monoisotopic (exact) mass is 422 g/mol. The summed E-state index contributed by atoms with van der Waals surface area (Å²) < 4.78 is 40.1. The lowest BCUT2D eigenvalue weighted by Gasteiger charge is -2.20. The molecular weight excluding hydrogens is 397 g/mol. The number of nitrogens with one attached hydrogen (secondary N) is 1. The Morgan fingerprint density at radius 3 is 2.50 bits per heavy atom. The number of halogens is 3. The number of hydrogen-bond donors (Lipinski definition) is 2. The van der Waals surface area contributed by atoms with Gasteiger partial charge in [-0.05, 0) is 31.0 Å². The zero-order valence-electron chi connectivity index (χ0n) is 16.9. The molecule has 0 amide bonds. The predicted octanol–water partition coefficient (Wildman–Crippen LogP) is 4.97. The van der Waals surface area contributed by atoms with Crippen LogP contribution in [-0.2, 0) is 0 Å². The Morgan fingerprint density at radius 1 is 1.33 bits per heavy atom. The number of aliphatic hydroxyl groups excluding tert-OH is 1. The molecule has 0 saturated heterocycles. The lowest BCUT2D eigenvalue weighted by molar-refractivity contribution is -0.146. The van der Waals surface area contributed by atoms with Crippen LogP contribution >= 0.6 is 0 Å². The van der Waals surface area contributed by atoms with E-state index in [9.17, 15) is 28.3 Å². The Morgan fingerprint density at radius 2 is 2.00 bits per heavy atom. The first-order valence-electron chi connectivity index (χ1n) is 9.73. The van der Waals surface area contributed by atoms with Gasteiger partial charge in [-0.3, -0.25) is 9.48 Å². The maximum atomic E-state index is 12.9. The van der Waals surface area contributed by atoms with Gasteiger partial charge >= 0.3 is 6.18 Å². The summed E-state index contributed by atoms with van der Waals surface area (Å²) in [6, 6.07) is 7.41. The van der Waals surface area contributed by atoms with E-state index in [0.29, 0.717) is 18.4 Å². The first-order chi connectivity index (χ1) is 14.2. The lowest BCUT2D eigenvalue weighted by atomic mass is 9.97. The van der Waals surface area contributed by atoms with Crippen molar-refractivity contribution in [2.75, 3.05) is 11.9 Å². The maximum absolute atomic E-state index is 12.9. The van der Waals surface area contributed by atoms with Gasteiger partial charge in [-0.1, -0.05) is 31.9 Å². The van der Waals surface area contributed by atoms with Crippen molar-refractivity contribution in [2.45, 2.75) is 51.2 Å². The summed E-state index contributed by atoms with van der Waals surface area (Å²) in [4.78, 5) is 11.5. The average Bonchev–Trinajstić information content (AvgIpc) is 3.13. The van der Waals surface area contributed by atoms with E-state index in [-0.39, 0.29) is 23.6 Å². The van der Waals surface area contributed by atoms with Gasteiger partial charge in [0.1, 0.15) is 0 Å². The number of carbonyl (C=O) groups excluding carboxylic acids is 1. The fourth-order valence-electron chi connectivity index (χ4n) is 3.12. The molecule has 0 aliphatic heterocycles. The van der Waals surface area contributed by atoms with Crippen LogP contribution in [0.3, 0.4) is 0 Å². The normalized spacial score (nSPS) is 14.6. The van der Waals surface area contributed by atoms with Crippen LogP contribution < -0.4 is 5.32 Å². The number of unbranched alkanes of at least 4 members (excludes halogenated alkanes) is 1. The number of rotatable bonds is 10. The lowest BCUT2D eigenvalue weighted by Crippen LogP contribution is -2.22. The van der Waals surface area contributed by atoms with E-state index in [1.54, 1.807) is 0 Å². The second kappa shape index (κ2) is 10.3. The molecule has 2 aromatic rings. The van der Waals surface area contributed by atoms with E-state index in [1.807, 2.05) is 6.92 Å². The van der Waals surface area contributed by atoms with Crippen LogP contribution in [0.4, 0.5) is 24.7 Å². The third-order valence-electron chi connectivity index (χ3n) is 5.07. The average molecular weight is 422 g/mol. The van der Waals surface area contributed by atoms with Gasteiger partial charge in [-0.15, -0.1) is 0 Å². The van der Waals surface area contributed by atoms with Gasteiger partial charge in [0, 0.05) is 11.9 Å². The Labute approximate surface area is 173 Å². The van der Waals surface area contributed by atoms with Crippen molar-refractivity contribution in [3.8, 4) is 6.07 Å². The summed E-state index contributed by atoms with van der Waals surface area (Å²) in [5, 5.41) is 26.2. The Kier molecular flexibility index (Phi) is 8.00. The molecule has 0 radical (unpaired) electrons. The largest absolute Gasteiger partial charge is 0.395 e. The summed E-state index contributed by atoms with van der Waals surface area (Å²) in [7, 11) is 0. The Hall–Kier alpha value is -2.86. The van der Waals surface area contributed by atoms with Gasteiger partial charge < -0.3 is 10.4 Å². The molecule has 0 aliphatic carbocycles. The maximum Gasteiger partial charge on any atom is 0.395 e. The molecule has 0 saturated carbocycles. The highest BCUT2D eigenvalue weighted by Gasteiger charge is 2.36. The number of carbonyl (C=O) groups is 1. The van der Waals surface area contributed by atoms with Crippen molar-refractivity contribution in [3.05, 3.63) is 41.6 Å². The summed E-state index contributed by atoms with van der Waals surface area (Å²) in [5.74, 6) is -2.03. The predicted molar refractivity (Wildman–Crippen MR) is 107 cm³/mol. The summed E-state index contributed by atoms with van der Waals surface area (Å²) >= 11 is 0. The number of aliphatic hydroxyl groups is 1. The van der Waals surface area contributed by atoms with Gasteiger partial charge in [-0.25, -0.2) is 0 Å². The fraction of sp³-hybridized carbons (Fsp3) is 0.476. The Bertz CT molecular complexity index is 872. The van der Waals surface area contributed by atoms with E-state index >= 15 is 0 Å². The molecule has 2 N–H and O–H groups in total. The molecule has 1 heterocycles. The molecule has 1 aromatic heterocycles. The zero-order valence-corrected chi connectivity index (χ0v) is 16.9. The number of nitriles is 1. The van der Waals surface area contributed by atoms with Crippen molar-refractivity contribution in [1.82, 2.24) is 9.78 Å². The fourth-order valence-corrected chi connectivity index (χ4v) is 3.12. The highest BCUT2D eigenvalue weighted by atomic mass is 19.4. The van der Waals surface area contributed by atoms with Crippen molar-refractivity contribution in [1.29, 1.82) is 5.26 Å². The van der Waals surface area contributed by atoms with E-state index in [2.05, 4.69) is 16.5 Å². The molecular formula is C21H25F3N4O2. The minimum absolute atomic E-state index is 0.133. The molecule has 30 heavy (non-hydrogen) atoms. The smallest absolute Gasteiger partial charge is 0.395 e. The van der Waals surface area contributed by atoms with E-state index in [4.69, 9.17) is 0 Å². The summed E-state index contributed by atoms with van der Waals surface area (Å²) in [6.07, 6.45) is 0.129. The third kappa shape index (κ3) is 5.60. The second-order valence-electron chi connectivity index (χ2n) is 7.17. The number of aromatic nitrogens is 2. The van der Waals surface area contributed by atoms with Crippen LogP contribution in [0.1, 0.15) is 61.0 Å². The van der Waals surface area contributed by atoms with Gasteiger partial charge in [0.05, 0.1) is 36.1 Å². The number of aldehydes is 1. The van der Waals surface area contributed by atoms with Crippen LogP contribution in [0.15, 0.2) is 30.5 Å². The number of hydrogen-bond acceptors (Lipinski definition) is 5. The molecule has 1 aromatic carbocycles. The molecule has 6 nitrogen and oxygen atoms in total. The number of alkyl halides is 3. The quantitative estimate of drug-likeness (QED) is 0.528. The molecule has 2 rings (SSSR count). The minimum Gasteiger partial charge on any atom is -0.395 e.